The zero-order valence-corrected chi connectivity index (χ0v) is 11.0. The summed E-state index contributed by atoms with van der Waals surface area (Å²) in [5.41, 5.74) is 0. The molecule has 3 nitrogen and oxygen atoms in total. The van der Waals surface area contributed by atoms with Crippen LogP contribution in [0, 0.1) is 0 Å². The molecule has 0 saturated carbocycles. The first-order valence-corrected chi connectivity index (χ1v) is 6.85. The SMILES string of the molecule is CCN1CCN(CCCCCCO)CC1C. The molecule has 1 atom stereocenters. The third kappa shape index (κ3) is 4.81. The Hall–Kier alpha value is -0.120. The van der Waals surface area contributed by atoms with Crippen molar-refractivity contribution in [2.45, 2.75) is 45.6 Å². The van der Waals surface area contributed by atoms with Gasteiger partial charge in [-0.2, -0.15) is 0 Å². The minimum absolute atomic E-state index is 0.353. The van der Waals surface area contributed by atoms with Gasteiger partial charge in [0.15, 0.2) is 0 Å². The van der Waals surface area contributed by atoms with Gasteiger partial charge in [-0.15, -0.1) is 0 Å². The van der Waals surface area contributed by atoms with Crippen molar-refractivity contribution in [1.29, 1.82) is 0 Å². The topological polar surface area (TPSA) is 26.7 Å². The molecule has 0 radical (unpaired) electrons. The first-order chi connectivity index (χ1) is 7.77. The third-order valence-corrected chi connectivity index (χ3v) is 3.64. The van der Waals surface area contributed by atoms with Gasteiger partial charge in [-0.3, -0.25) is 4.90 Å². The van der Waals surface area contributed by atoms with Gasteiger partial charge < -0.3 is 10.0 Å². The Kier molecular flexibility index (Phi) is 7.01. The van der Waals surface area contributed by atoms with Crippen molar-refractivity contribution in [3.8, 4) is 0 Å². The Morgan fingerprint density at radius 1 is 1.12 bits per heavy atom. The van der Waals surface area contributed by atoms with Gasteiger partial charge in [-0.1, -0.05) is 19.8 Å². The van der Waals surface area contributed by atoms with Gasteiger partial charge in [0.05, 0.1) is 0 Å². The average Bonchev–Trinajstić information content (AvgIpc) is 2.29. The van der Waals surface area contributed by atoms with Gasteiger partial charge in [0.2, 0.25) is 0 Å². The molecule has 1 rings (SSSR count). The summed E-state index contributed by atoms with van der Waals surface area (Å²) >= 11 is 0. The highest BCUT2D eigenvalue weighted by Gasteiger charge is 2.21. The number of aliphatic hydroxyl groups is 1. The van der Waals surface area contributed by atoms with E-state index >= 15 is 0 Å². The molecule has 96 valence electrons. The van der Waals surface area contributed by atoms with E-state index in [-0.39, 0.29) is 0 Å². The molecule has 1 heterocycles. The van der Waals surface area contributed by atoms with Gasteiger partial charge in [0, 0.05) is 32.3 Å². The molecule has 1 fully saturated rings. The lowest BCUT2D eigenvalue weighted by molar-refractivity contribution is 0.0868. The number of likely N-dealkylation sites (N-methyl/N-ethyl adjacent to an activating group) is 1. The molecule has 0 spiro atoms. The van der Waals surface area contributed by atoms with Crippen LogP contribution in [-0.2, 0) is 0 Å². The lowest BCUT2D eigenvalue weighted by Gasteiger charge is -2.39. The maximum absolute atomic E-state index is 8.69. The smallest absolute Gasteiger partial charge is 0.0431 e. The minimum atomic E-state index is 0.353. The maximum atomic E-state index is 8.69. The summed E-state index contributed by atoms with van der Waals surface area (Å²) in [5.74, 6) is 0. The molecule has 0 amide bonds. The molecule has 16 heavy (non-hydrogen) atoms. The van der Waals surface area contributed by atoms with Gasteiger partial charge in [-0.25, -0.2) is 0 Å². The Morgan fingerprint density at radius 3 is 2.50 bits per heavy atom. The average molecular weight is 228 g/mol. The number of rotatable bonds is 7. The van der Waals surface area contributed by atoms with Crippen molar-refractivity contribution < 1.29 is 5.11 Å². The van der Waals surface area contributed by atoms with Crippen LogP contribution in [0.4, 0.5) is 0 Å². The molecular weight excluding hydrogens is 200 g/mol. The first-order valence-electron chi connectivity index (χ1n) is 6.85. The van der Waals surface area contributed by atoms with Crippen LogP contribution in [0.25, 0.3) is 0 Å². The molecule has 0 aliphatic carbocycles. The molecule has 3 heteroatoms. The van der Waals surface area contributed by atoms with Crippen LogP contribution < -0.4 is 0 Å². The van der Waals surface area contributed by atoms with E-state index in [1.807, 2.05) is 0 Å². The molecule has 1 N–H and O–H groups in total. The predicted molar refractivity (Wildman–Crippen MR) is 68.7 cm³/mol. The van der Waals surface area contributed by atoms with Gasteiger partial charge in [0.25, 0.3) is 0 Å². The zero-order valence-electron chi connectivity index (χ0n) is 11.0. The summed E-state index contributed by atoms with van der Waals surface area (Å²) in [6, 6.07) is 0.719. The molecule has 0 bridgehead atoms. The van der Waals surface area contributed by atoms with E-state index in [1.165, 1.54) is 52.0 Å². The maximum Gasteiger partial charge on any atom is 0.0431 e. The van der Waals surface area contributed by atoms with E-state index in [0.29, 0.717) is 6.61 Å². The van der Waals surface area contributed by atoms with E-state index in [9.17, 15) is 0 Å². The van der Waals surface area contributed by atoms with Crippen LogP contribution in [-0.4, -0.2) is 60.3 Å². The number of aliphatic hydroxyl groups excluding tert-OH is 1. The van der Waals surface area contributed by atoms with Crippen LogP contribution in [0.15, 0.2) is 0 Å². The monoisotopic (exact) mass is 228 g/mol. The van der Waals surface area contributed by atoms with Crippen LogP contribution in [0.5, 0.6) is 0 Å². The van der Waals surface area contributed by atoms with Crippen molar-refractivity contribution in [3.05, 3.63) is 0 Å². The first kappa shape index (κ1) is 13.9. The fourth-order valence-corrected chi connectivity index (χ4v) is 2.54. The van der Waals surface area contributed by atoms with E-state index in [4.69, 9.17) is 5.11 Å². The number of piperazine rings is 1. The second kappa shape index (κ2) is 8.04. The lowest BCUT2D eigenvalue weighted by atomic mass is 10.1. The molecule has 1 saturated heterocycles. The highest BCUT2D eigenvalue weighted by atomic mass is 16.2. The lowest BCUT2D eigenvalue weighted by Crippen LogP contribution is -2.51. The van der Waals surface area contributed by atoms with E-state index in [1.54, 1.807) is 0 Å². The zero-order chi connectivity index (χ0) is 11.8. The Bertz CT molecular complexity index is 175. The minimum Gasteiger partial charge on any atom is -0.396 e. The summed E-state index contributed by atoms with van der Waals surface area (Å²) in [7, 11) is 0. The van der Waals surface area contributed by atoms with Crippen LogP contribution in [0.1, 0.15) is 39.5 Å². The highest BCUT2D eigenvalue weighted by molar-refractivity contribution is 4.77. The standard InChI is InChI=1S/C13H28N2O/c1-3-15-10-9-14(12-13(15)2)8-6-4-5-7-11-16/h13,16H,3-12H2,1-2H3. The third-order valence-electron chi connectivity index (χ3n) is 3.64. The molecular formula is C13H28N2O. The predicted octanol–water partition coefficient (Wildman–Crippen LogP) is 1.57. The van der Waals surface area contributed by atoms with Crippen LogP contribution in [0.2, 0.25) is 0 Å². The summed E-state index contributed by atoms with van der Waals surface area (Å²) in [4.78, 5) is 5.15. The second-order valence-electron chi connectivity index (χ2n) is 4.92. The van der Waals surface area contributed by atoms with Crippen molar-refractivity contribution in [2.24, 2.45) is 0 Å². The molecule has 0 aromatic carbocycles. The Morgan fingerprint density at radius 2 is 1.88 bits per heavy atom. The fourth-order valence-electron chi connectivity index (χ4n) is 2.54. The normalized spacial score (nSPS) is 23.8. The largest absolute Gasteiger partial charge is 0.396 e. The summed E-state index contributed by atoms with van der Waals surface area (Å²) in [6.07, 6.45) is 4.71. The fraction of sp³-hybridized carbons (Fsp3) is 1.00. The number of hydrogen-bond acceptors (Lipinski definition) is 3. The number of nitrogens with zero attached hydrogens (tertiary/aromatic N) is 2. The molecule has 1 aliphatic heterocycles. The Labute approximate surface area is 100 Å². The molecule has 0 aromatic rings. The second-order valence-corrected chi connectivity index (χ2v) is 4.92. The molecule has 0 aromatic heterocycles. The van der Waals surface area contributed by atoms with E-state index < -0.39 is 0 Å². The number of hydrogen-bond donors (Lipinski definition) is 1. The number of unbranched alkanes of at least 4 members (excludes halogenated alkanes) is 3. The van der Waals surface area contributed by atoms with Crippen molar-refractivity contribution in [2.75, 3.05) is 39.3 Å². The molecule has 1 unspecified atom stereocenters. The molecule has 1 aliphatic rings. The van der Waals surface area contributed by atoms with E-state index in [0.717, 1.165) is 12.5 Å². The van der Waals surface area contributed by atoms with Crippen molar-refractivity contribution in [1.82, 2.24) is 9.80 Å². The quantitative estimate of drug-likeness (QED) is 0.670. The van der Waals surface area contributed by atoms with Crippen LogP contribution in [0.3, 0.4) is 0 Å². The Balaban J connectivity index is 2.06. The highest BCUT2D eigenvalue weighted by Crippen LogP contribution is 2.10. The van der Waals surface area contributed by atoms with Gasteiger partial charge in [0.1, 0.15) is 0 Å². The van der Waals surface area contributed by atoms with Crippen LogP contribution >= 0.6 is 0 Å². The van der Waals surface area contributed by atoms with E-state index in [2.05, 4.69) is 23.6 Å². The van der Waals surface area contributed by atoms with Gasteiger partial charge in [-0.05, 0) is 32.9 Å². The van der Waals surface area contributed by atoms with Gasteiger partial charge >= 0.3 is 0 Å². The summed E-state index contributed by atoms with van der Waals surface area (Å²) in [5, 5.41) is 8.69. The summed E-state index contributed by atoms with van der Waals surface area (Å²) < 4.78 is 0. The van der Waals surface area contributed by atoms with Crippen molar-refractivity contribution >= 4 is 0 Å². The van der Waals surface area contributed by atoms with Crippen molar-refractivity contribution in [3.63, 3.8) is 0 Å². The summed E-state index contributed by atoms with van der Waals surface area (Å²) in [6.45, 7) is 11.1.